The van der Waals surface area contributed by atoms with Gasteiger partial charge in [-0.2, -0.15) is 0 Å². The minimum atomic E-state index is -1.13. The Morgan fingerprint density at radius 3 is 2.38 bits per heavy atom. The molecule has 0 atom stereocenters. The van der Waals surface area contributed by atoms with Crippen molar-refractivity contribution in [1.82, 2.24) is 9.97 Å². The van der Waals surface area contributed by atoms with Gasteiger partial charge in [-0.05, 0) is 20.8 Å². The minimum absolute atomic E-state index is 0.205. The fourth-order valence-electron chi connectivity index (χ4n) is 1.35. The van der Waals surface area contributed by atoms with Gasteiger partial charge < -0.3 is 10.0 Å². The Morgan fingerprint density at radius 1 is 1.50 bits per heavy atom. The van der Waals surface area contributed by atoms with Crippen molar-refractivity contribution >= 4 is 11.9 Å². The summed E-state index contributed by atoms with van der Waals surface area (Å²) < 4.78 is 12.6. The highest BCUT2D eigenvalue weighted by molar-refractivity contribution is 5.81. The number of nitrogens with zero attached hydrogens (tertiary/aromatic N) is 3. The average molecular weight is 227 g/mol. The standard InChI is InChI=1S/C10H14FN3O2/c1-4-14(10(2,3)8(15)16)9-12-5-7(11)6-13-9/h5-6H,4H2,1-3H3,(H,15,16). The summed E-state index contributed by atoms with van der Waals surface area (Å²) in [6.07, 6.45) is 2.03. The van der Waals surface area contributed by atoms with E-state index in [9.17, 15) is 9.18 Å². The third kappa shape index (κ3) is 2.26. The lowest BCUT2D eigenvalue weighted by atomic mass is 10.0. The summed E-state index contributed by atoms with van der Waals surface area (Å²) in [5, 5.41) is 9.09. The number of anilines is 1. The van der Waals surface area contributed by atoms with Crippen molar-refractivity contribution in [2.45, 2.75) is 26.3 Å². The average Bonchev–Trinajstić information content (AvgIpc) is 2.21. The Balaban J connectivity index is 3.07. The first-order chi connectivity index (χ1) is 7.39. The molecule has 88 valence electrons. The van der Waals surface area contributed by atoms with Crippen molar-refractivity contribution in [3.05, 3.63) is 18.2 Å². The lowest BCUT2D eigenvalue weighted by Crippen LogP contribution is -2.51. The van der Waals surface area contributed by atoms with E-state index in [-0.39, 0.29) is 5.95 Å². The Bertz CT molecular complexity index is 378. The molecule has 1 aromatic heterocycles. The van der Waals surface area contributed by atoms with E-state index in [0.29, 0.717) is 6.54 Å². The van der Waals surface area contributed by atoms with E-state index in [1.165, 1.54) is 4.90 Å². The number of aliphatic carboxylic acids is 1. The highest BCUT2D eigenvalue weighted by Gasteiger charge is 2.35. The van der Waals surface area contributed by atoms with Gasteiger partial charge in [0.05, 0.1) is 12.4 Å². The summed E-state index contributed by atoms with van der Waals surface area (Å²) in [4.78, 5) is 20.1. The first-order valence-corrected chi connectivity index (χ1v) is 4.88. The third-order valence-electron chi connectivity index (χ3n) is 2.36. The van der Waals surface area contributed by atoms with E-state index in [2.05, 4.69) is 9.97 Å². The number of halogens is 1. The lowest BCUT2D eigenvalue weighted by Gasteiger charge is -2.33. The molecule has 1 rings (SSSR count). The summed E-state index contributed by atoms with van der Waals surface area (Å²) in [5.41, 5.74) is -1.13. The van der Waals surface area contributed by atoms with Crippen molar-refractivity contribution in [3.63, 3.8) is 0 Å². The largest absolute Gasteiger partial charge is 0.480 e. The molecule has 5 nitrogen and oxygen atoms in total. The van der Waals surface area contributed by atoms with Crippen molar-refractivity contribution in [2.24, 2.45) is 0 Å². The van der Waals surface area contributed by atoms with Gasteiger partial charge in [-0.15, -0.1) is 0 Å². The lowest BCUT2D eigenvalue weighted by molar-refractivity contribution is -0.142. The van der Waals surface area contributed by atoms with E-state index in [1.54, 1.807) is 20.8 Å². The maximum absolute atomic E-state index is 12.6. The Morgan fingerprint density at radius 2 is 2.00 bits per heavy atom. The van der Waals surface area contributed by atoms with Crippen LogP contribution in [0.25, 0.3) is 0 Å². The molecular weight excluding hydrogens is 213 g/mol. The molecular formula is C10H14FN3O2. The van der Waals surface area contributed by atoms with Crippen LogP contribution in [0.4, 0.5) is 10.3 Å². The number of rotatable bonds is 4. The maximum atomic E-state index is 12.6. The molecule has 0 fully saturated rings. The number of carboxylic acids is 1. The van der Waals surface area contributed by atoms with Gasteiger partial charge in [-0.1, -0.05) is 0 Å². The molecule has 0 spiro atoms. The van der Waals surface area contributed by atoms with Crippen molar-refractivity contribution in [2.75, 3.05) is 11.4 Å². The Hall–Kier alpha value is -1.72. The highest BCUT2D eigenvalue weighted by Crippen LogP contribution is 2.19. The molecule has 0 aliphatic carbocycles. The quantitative estimate of drug-likeness (QED) is 0.839. The maximum Gasteiger partial charge on any atom is 0.329 e. The third-order valence-corrected chi connectivity index (χ3v) is 2.36. The number of likely N-dealkylation sites (N-methyl/N-ethyl adjacent to an activating group) is 1. The number of hydrogen-bond donors (Lipinski definition) is 1. The summed E-state index contributed by atoms with van der Waals surface area (Å²) >= 11 is 0. The van der Waals surface area contributed by atoms with E-state index in [0.717, 1.165) is 12.4 Å². The molecule has 6 heteroatoms. The SMILES string of the molecule is CCN(c1ncc(F)cn1)C(C)(C)C(=O)O. The fraction of sp³-hybridized carbons (Fsp3) is 0.500. The first-order valence-electron chi connectivity index (χ1n) is 4.88. The van der Waals surface area contributed by atoms with Crippen LogP contribution in [0.1, 0.15) is 20.8 Å². The van der Waals surface area contributed by atoms with Crippen LogP contribution in [0.5, 0.6) is 0 Å². The zero-order valence-corrected chi connectivity index (χ0v) is 9.44. The smallest absolute Gasteiger partial charge is 0.329 e. The van der Waals surface area contributed by atoms with Gasteiger partial charge in [-0.25, -0.2) is 19.2 Å². The second kappa shape index (κ2) is 4.42. The molecule has 1 aromatic rings. The zero-order valence-electron chi connectivity index (χ0n) is 9.44. The topological polar surface area (TPSA) is 66.3 Å². The molecule has 0 aliphatic heterocycles. The molecule has 1 heterocycles. The zero-order chi connectivity index (χ0) is 12.3. The molecule has 0 aromatic carbocycles. The van der Waals surface area contributed by atoms with E-state index >= 15 is 0 Å². The van der Waals surface area contributed by atoms with E-state index in [1.807, 2.05) is 0 Å². The Labute approximate surface area is 92.9 Å². The molecule has 0 aliphatic rings. The van der Waals surface area contributed by atoms with Gasteiger partial charge in [0, 0.05) is 6.54 Å². The van der Waals surface area contributed by atoms with Crippen LogP contribution < -0.4 is 4.90 Å². The van der Waals surface area contributed by atoms with Gasteiger partial charge in [-0.3, -0.25) is 0 Å². The van der Waals surface area contributed by atoms with Gasteiger partial charge in [0.2, 0.25) is 5.95 Å². The van der Waals surface area contributed by atoms with E-state index in [4.69, 9.17) is 5.11 Å². The molecule has 0 saturated heterocycles. The predicted octanol–water partition coefficient (Wildman–Crippen LogP) is 1.31. The van der Waals surface area contributed by atoms with Crippen LogP contribution in [0.2, 0.25) is 0 Å². The van der Waals surface area contributed by atoms with E-state index < -0.39 is 17.3 Å². The molecule has 0 saturated carbocycles. The normalized spacial score (nSPS) is 11.2. The number of carbonyl (C=O) groups is 1. The van der Waals surface area contributed by atoms with Crippen molar-refractivity contribution in [1.29, 1.82) is 0 Å². The number of aromatic nitrogens is 2. The van der Waals surface area contributed by atoms with Crippen molar-refractivity contribution < 1.29 is 14.3 Å². The molecule has 16 heavy (non-hydrogen) atoms. The molecule has 0 bridgehead atoms. The first kappa shape index (κ1) is 12.4. The monoisotopic (exact) mass is 227 g/mol. The van der Waals surface area contributed by atoms with Crippen LogP contribution in [0.15, 0.2) is 12.4 Å². The van der Waals surface area contributed by atoms with Crippen LogP contribution in [0.3, 0.4) is 0 Å². The van der Waals surface area contributed by atoms with Gasteiger partial charge in [0.1, 0.15) is 5.54 Å². The summed E-state index contributed by atoms with van der Waals surface area (Å²) in [5.74, 6) is -1.33. The summed E-state index contributed by atoms with van der Waals surface area (Å²) in [7, 11) is 0. The number of hydrogen-bond acceptors (Lipinski definition) is 4. The summed E-state index contributed by atoms with van der Waals surface area (Å²) in [6.45, 7) is 5.31. The van der Waals surface area contributed by atoms with Crippen LogP contribution in [-0.4, -0.2) is 33.1 Å². The molecule has 0 amide bonds. The van der Waals surface area contributed by atoms with Gasteiger partial charge in [0.25, 0.3) is 0 Å². The number of carboxylic acid groups (broad SMARTS) is 1. The second-order valence-electron chi connectivity index (χ2n) is 3.81. The highest BCUT2D eigenvalue weighted by atomic mass is 19.1. The van der Waals surface area contributed by atoms with Crippen molar-refractivity contribution in [3.8, 4) is 0 Å². The fourth-order valence-corrected chi connectivity index (χ4v) is 1.35. The predicted molar refractivity (Wildman–Crippen MR) is 56.7 cm³/mol. The molecule has 0 radical (unpaired) electrons. The Kier molecular flexibility index (Phi) is 3.41. The van der Waals surface area contributed by atoms with Crippen LogP contribution in [-0.2, 0) is 4.79 Å². The minimum Gasteiger partial charge on any atom is -0.480 e. The van der Waals surface area contributed by atoms with Gasteiger partial charge >= 0.3 is 5.97 Å². The van der Waals surface area contributed by atoms with Gasteiger partial charge in [0.15, 0.2) is 5.82 Å². The van der Waals surface area contributed by atoms with Crippen LogP contribution >= 0.6 is 0 Å². The molecule has 1 N–H and O–H groups in total. The summed E-state index contributed by atoms with van der Waals surface area (Å²) in [6, 6.07) is 0. The molecule has 0 unspecified atom stereocenters. The van der Waals surface area contributed by atoms with Crippen LogP contribution in [0, 0.1) is 5.82 Å². The second-order valence-corrected chi connectivity index (χ2v) is 3.81.